The van der Waals surface area contributed by atoms with E-state index >= 15 is 0 Å². The number of hydrazone groups is 1. The van der Waals surface area contributed by atoms with Crippen LogP contribution >= 0.6 is 22.9 Å². The summed E-state index contributed by atoms with van der Waals surface area (Å²) in [4.78, 5) is 26.2. The molecule has 2 N–H and O–H groups in total. The molecule has 0 saturated carbocycles. The van der Waals surface area contributed by atoms with Gasteiger partial charge in [0.15, 0.2) is 11.5 Å². The van der Waals surface area contributed by atoms with Crippen molar-refractivity contribution in [1.29, 1.82) is 0 Å². The predicted molar refractivity (Wildman–Crippen MR) is 158 cm³/mol. The van der Waals surface area contributed by atoms with Gasteiger partial charge >= 0.3 is 0 Å². The molecule has 1 atom stereocenters. The Balaban J connectivity index is 1.73. The molecule has 3 rings (SSSR count). The Kier molecular flexibility index (Phi) is 11.6. The van der Waals surface area contributed by atoms with Crippen LogP contribution in [0.4, 0.5) is 0 Å². The first kappa shape index (κ1) is 29.9. The van der Waals surface area contributed by atoms with Gasteiger partial charge in [0.2, 0.25) is 5.91 Å². The summed E-state index contributed by atoms with van der Waals surface area (Å²) in [7, 11) is 0. The molecule has 2 amide bonds. The molecule has 0 aliphatic rings. The van der Waals surface area contributed by atoms with Crippen LogP contribution < -0.4 is 20.2 Å². The average Bonchev–Trinajstić information content (AvgIpc) is 3.41. The van der Waals surface area contributed by atoms with E-state index in [2.05, 4.69) is 22.4 Å². The average molecular weight is 568 g/mol. The number of ether oxygens (including phenoxy) is 2. The zero-order valence-corrected chi connectivity index (χ0v) is 24.0. The molecule has 0 unspecified atom stereocenters. The molecule has 3 aromatic rings. The maximum Gasteiger partial charge on any atom is 0.262 e. The highest BCUT2D eigenvalue weighted by molar-refractivity contribution is 7.10. The molecule has 206 valence electrons. The first-order chi connectivity index (χ1) is 18.8. The number of hydrogen-bond acceptors (Lipinski definition) is 6. The summed E-state index contributed by atoms with van der Waals surface area (Å²) in [6, 6.07) is 14.3. The summed E-state index contributed by atoms with van der Waals surface area (Å²) in [5, 5.41) is 9.51. The number of thiophene rings is 1. The lowest BCUT2D eigenvalue weighted by Crippen LogP contribution is -2.49. The van der Waals surface area contributed by atoms with Crippen molar-refractivity contribution in [2.75, 3.05) is 6.61 Å². The van der Waals surface area contributed by atoms with Crippen LogP contribution in [0.15, 0.2) is 71.7 Å². The van der Waals surface area contributed by atoms with Gasteiger partial charge in [-0.3, -0.25) is 9.59 Å². The number of amides is 2. The smallest absolute Gasteiger partial charge is 0.262 e. The van der Waals surface area contributed by atoms with Gasteiger partial charge < -0.3 is 14.8 Å². The van der Waals surface area contributed by atoms with Crippen LogP contribution in [0.3, 0.4) is 0 Å². The van der Waals surface area contributed by atoms with Gasteiger partial charge in [0.05, 0.1) is 19.2 Å². The van der Waals surface area contributed by atoms with E-state index in [-0.39, 0.29) is 24.9 Å². The number of benzene rings is 2. The fraction of sp³-hybridized carbons (Fsp3) is 0.300. The molecule has 39 heavy (non-hydrogen) atoms. The molecule has 0 aliphatic carbocycles. The van der Waals surface area contributed by atoms with Gasteiger partial charge in [-0.15, -0.1) is 17.9 Å². The van der Waals surface area contributed by atoms with E-state index in [1.165, 1.54) is 17.6 Å². The van der Waals surface area contributed by atoms with Crippen LogP contribution in [-0.4, -0.2) is 30.7 Å². The molecule has 9 heteroatoms. The number of nitrogens with zero attached hydrogens (tertiary/aromatic N) is 1. The number of halogens is 1. The molecular weight excluding hydrogens is 534 g/mol. The van der Waals surface area contributed by atoms with Crippen LogP contribution in [0, 0.1) is 5.92 Å². The van der Waals surface area contributed by atoms with Crippen molar-refractivity contribution in [3.05, 3.63) is 93.2 Å². The summed E-state index contributed by atoms with van der Waals surface area (Å²) >= 11 is 7.80. The highest BCUT2D eigenvalue weighted by atomic mass is 35.5. The molecular formula is C30H34ClN3O4S. The third-order valence-corrected chi connectivity index (χ3v) is 6.96. The maximum absolute atomic E-state index is 12.8. The molecule has 0 aliphatic heterocycles. The minimum absolute atomic E-state index is 0.120. The highest BCUT2D eigenvalue weighted by Crippen LogP contribution is 2.34. The third kappa shape index (κ3) is 8.97. The molecule has 2 aromatic carbocycles. The SMILES string of the molecule is C=CCc1cc(/C=N/NC(=O)[C@@H](NC(=O)Cc2cccs2)C(C)C)cc(OCC)c1OCc1ccccc1Cl. The highest BCUT2D eigenvalue weighted by Gasteiger charge is 2.24. The number of carbonyl (C=O) groups excluding carboxylic acids is 2. The molecule has 0 saturated heterocycles. The first-order valence-corrected chi connectivity index (χ1v) is 14.0. The second-order valence-corrected chi connectivity index (χ2v) is 10.5. The molecule has 1 heterocycles. The molecule has 0 fully saturated rings. The minimum atomic E-state index is -0.717. The topological polar surface area (TPSA) is 89.0 Å². The Morgan fingerprint density at radius 3 is 2.59 bits per heavy atom. The van der Waals surface area contributed by atoms with Crippen molar-refractivity contribution in [2.45, 2.75) is 46.3 Å². The molecule has 1 aromatic heterocycles. The zero-order chi connectivity index (χ0) is 28.2. The molecule has 0 spiro atoms. The van der Waals surface area contributed by atoms with Gasteiger partial charge in [0, 0.05) is 21.0 Å². The van der Waals surface area contributed by atoms with E-state index in [0.29, 0.717) is 35.1 Å². The van der Waals surface area contributed by atoms with Crippen LogP contribution in [-0.2, 0) is 29.0 Å². The Morgan fingerprint density at radius 2 is 1.92 bits per heavy atom. The van der Waals surface area contributed by atoms with Gasteiger partial charge in [0.25, 0.3) is 5.91 Å². The summed E-state index contributed by atoms with van der Waals surface area (Å²) < 4.78 is 12.0. The summed E-state index contributed by atoms with van der Waals surface area (Å²) in [5.74, 6) is 0.435. The van der Waals surface area contributed by atoms with Crippen molar-refractivity contribution in [3.63, 3.8) is 0 Å². The zero-order valence-electron chi connectivity index (χ0n) is 22.4. The Morgan fingerprint density at radius 1 is 1.13 bits per heavy atom. The standard InChI is InChI=1S/C30H34ClN3O4S/c1-5-10-22-15-21(16-26(37-6-2)29(22)38-19-23-11-7-8-13-25(23)31)18-32-34-30(36)28(20(3)4)33-27(35)17-24-12-9-14-39-24/h5,7-9,11-16,18,20,28H,1,6,10,17,19H2,2-4H3,(H,33,35)(H,34,36)/b32-18+/t28-/m0/s1. The van der Waals surface area contributed by atoms with Gasteiger partial charge in [-0.2, -0.15) is 5.10 Å². The Hall–Kier alpha value is -3.62. The van der Waals surface area contributed by atoms with Gasteiger partial charge in [-0.1, -0.05) is 55.8 Å². The fourth-order valence-corrected chi connectivity index (χ4v) is 4.72. The quantitative estimate of drug-likeness (QED) is 0.143. The fourth-order valence-electron chi connectivity index (χ4n) is 3.83. The number of rotatable bonds is 14. The van der Waals surface area contributed by atoms with E-state index in [1.807, 2.05) is 68.6 Å². The van der Waals surface area contributed by atoms with E-state index in [0.717, 1.165) is 16.0 Å². The number of hydrogen-bond donors (Lipinski definition) is 2. The van der Waals surface area contributed by atoms with Crippen LogP contribution in [0.1, 0.15) is 42.3 Å². The van der Waals surface area contributed by atoms with Gasteiger partial charge in [-0.05, 0) is 54.5 Å². The summed E-state index contributed by atoms with van der Waals surface area (Å²) in [5.41, 5.74) is 4.99. The normalized spacial score (nSPS) is 11.8. The molecule has 0 bridgehead atoms. The second kappa shape index (κ2) is 15.1. The van der Waals surface area contributed by atoms with Crippen molar-refractivity contribution >= 4 is 41.0 Å². The van der Waals surface area contributed by atoms with Crippen molar-refractivity contribution in [2.24, 2.45) is 11.0 Å². The van der Waals surface area contributed by atoms with Crippen LogP contribution in [0.5, 0.6) is 11.5 Å². The lowest BCUT2D eigenvalue weighted by molar-refractivity contribution is -0.129. The summed E-state index contributed by atoms with van der Waals surface area (Å²) in [6.07, 6.45) is 4.09. The largest absolute Gasteiger partial charge is 0.490 e. The van der Waals surface area contributed by atoms with Crippen LogP contribution in [0.2, 0.25) is 5.02 Å². The molecule has 7 nitrogen and oxygen atoms in total. The lowest BCUT2D eigenvalue weighted by atomic mass is 10.0. The molecule has 0 radical (unpaired) electrons. The monoisotopic (exact) mass is 567 g/mol. The van der Waals surface area contributed by atoms with E-state index in [9.17, 15) is 9.59 Å². The third-order valence-electron chi connectivity index (χ3n) is 5.72. The Labute approximate surface area is 238 Å². The Bertz CT molecular complexity index is 1290. The van der Waals surface area contributed by atoms with Crippen LogP contribution in [0.25, 0.3) is 0 Å². The van der Waals surface area contributed by atoms with E-state index in [1.54, 1.807) is 12.1 Å². The maximum atomic E-state index is 12.8. The van der Waals surface area contributed by atoms with Gasteiger partial charge in [-0.25, -0.2) is 5.43 Å². The lowest BCUT2D eigenvalue weighted by Gasteiger charge is -2.20. The van der Waals surface area contributed by atoms with Crippen molar-refractivity contribution in [3.8, 4) is 11.5 Å². The number of allylic oxidation sites excluding steroid dienone is 1. The summed E-state index contributed by atoms with van der Waals surface area (Å²) in [6.45, 7) is 10.2. The predicted octanol–water partition coefficient (Wildman–Crippen LogP) is 5.94. The first-order valence-electron chi connectivity index (χ1n) is 12.7. The van der Waals surface area contributed by atoms with Gasteiger partial charge in [0.1, 0.15) is 12.6 Å². The van der Waals surface area contributed by atoms with E-state index in [4.69, 9.17) is 21.1 Å². The second-order valence-electron chi connectivity index (χ2n) is 9.09. The number of nitrogens with one attached hydrogen (secondary N) is 2. The van der Waals surface area contributed by atoms with E-state index < -0.39 is 11.9 Å². The minimum Gasteiger partial charge on any atom is -0.490 e. The van der Waals surface area contributed by atoms with Crippen molar-refractivity contribution < 1.29 is 19.1 Å². The number of carbonyl (C=O) groups is 2. The van der Waals surface area contributed by atoms with Crippen molar-refractivity contribution in [1.82, 2.24) is 10.7 Å².